The standard InChI is InChI=1S/C11H8O5/c1-4-8(13)5-2-3-6(12)10(15)7(5)11(16)9(4)14/h2-4,12,15H,1H3. The molecule has 0 bridgehead atoms. The van der Waals surface area contributed by atoms with Gasteiger partial charge in [-0.15, -0.1) is 0 Å². The molecule has 1 aromatic rings. The van der Waals surface area contributed by atoms with Crippen LogP contribution >= 0.6 is 0 Å². The molecule has 1 unspecified atom stereocenters. The molecule has 0 amide bonds. The summed E-state index contributed by atoms with van der Waals surface area (Å²) >= 11 is 0. The summed E-state index contributed by atoms with van der Waals surface area (Å²) in [6.45, 7) is 1.34. The number of phenolic OH excluding ortho intramolecular Hbond substituents is 2. The first-order valence-electron chi connectivity index (χ1n) is 4.62. The highest BCUT2D eigenvalue weighted by Crippen LogP contribution is 2.35. The highest BCUT2D eigenvalue weighted by molar-refractivity contribution is 6.52. The van der Waals surface area contributed by atoms with Gasteiger partial charge in [-0.25, -0.2) is 0 Å². The van der Waals surface area contributed by atoms with Gasteiger partial charge in [-0.05, 0) is 19.1 Å². The van der Waals surface area contributed by atoms with E-state index in [-0.39, 0.29) is 5.56 Å². The molecular formula is C11H8O5. The number of phenols is 2. The fourth-order valence-electron chi connectivity index (χ4n) is 1.69. The molecule has 0 aliphatic heterocycles. The van der Waals surface area contributed by atoms with E-state index < -0.39 is 40.3 Å². The van der Waals surface area contributed by atoms with Gasteiger partial charge in [-0.2, -0.15) is 0 Å². The molecule has 0 fully saturated rings. The Morgan fingerprint density at radius 3 is 2.31 bits per heavy atom. The van der Waals surface area contributed by atoms with Crippen LogP contribution in [0.5, 0.6) is 11.5 Å². The molecule has 5 nitrogen and oxygen atoms in total. The van der Waals surface area contributed by atoms with Crippen LogP contribution in [-0.4, -0.2) is 27.6 Å². The minimum atomic E-state index is -1.02. The van der Waals surface area contributed by atoms with Crippen LogP contribution in [-0.2, 0) is 4.79 Å². The molecule has 2 N–H and O–H groups in total. The van der Waals surface area contributed by atoms with Crippen molar-refractivity contribution in [1.82, 2.24) is 0 Å². The molecule has 0 saturated heterocycles. The van der Waals surface area contributed by atoms with Crippen LogP contribution in [0, 0.1) is 5.92 Å². The number of ketones is 3. The van der Waals surface area contributed by atoms with Gasteiger partial charge in [0, 0.05) is 5.56 Å². The molecule has 2 rings (SSSR count). The zero-order valence-corrected chi connectivity index (χ0v) is 8.35. The third-order valence-electron chi connectivity index (χ3n) is 2.66. The second kappa shape index (κ2) is 3.16. The monoisotopic (exact) mass is 220 g/mol. The Hall–Kier alpha value is -2.17. The number of carbonyl (C=O) groups is 3. The summed E-state index contributed by atoms with van der Waals surface area (Å²) in [5, 5.41) is 18.7. The Morgan fingerprint density at radius 1 is 1.06 bits per heavy atom. The van der Waals surface area contributed by atoms with Gasteiger partial charge in [0.2, 0.25) is 11.6 Å². The average Bonchev–Trinajstić information content (AvgIpc) is 2.27. The topological polar surface area (TPSA) is 91.7 Å². The van der Waals surface area contributed by atoms with Crippen molar-refractivity contribution in [2.24, 2.45) is 5.92 Å². The first-order chi connectivity index (χ1) is 7.45. The number of rotatable bonds is 0. The summed E-state index contributed by atoms with van der Waals surface area (Å²) < 4.78 is 0. The van der Waals surface area contributed by atoms with Crippen molar-refractivity contribution in [1.29, 1.82) is 0 Å². The summed E-state index contributed by atoms with van der Waals surface area (Å²) in [7, 11) is 0. The lowest BCUT2D eigenvalue weighted by Gasteiger charge is -2.18. The third-order valence-corrected chi connectivity index (χ3v) is 2.66. The van der Waals surface area contributed by atoms with E-state index in [0.29, 0.717) is 0 Å². The maximum atomic E-state index is 11.7. The van der Waals surface area contributed by atoms with E-state index in [1.54, 1.807) is 0 Å². The average molecular weight is 220 g/mol. The van der Waals surface area contributed by atoms with E-state index in [4.69, 9.17) is 0 Å². The van der Waals surface area contributed by atoms with Crippen LogP contribution < -0.4 is 0 Å². The van der Waals surface area contributed by atoms with Crippen LogP contribution in [0.25, 0.3) is 0 Å². The summed E-state index contributed by atoms with van der Waals surface area (Å²) in [4.78, 5) is 34.6. The van der Waals surface area contributed by atoms with Crippen molar-refractivity contribution in [3.05, 3.63) is 23.3 Å². The predicted molar refractivity (Wildman–Crippen MR) is 52.6 cm³/mol. The van der Waals surface area contributed by atoms with Crippen LogP contribution in [0.2, 0.25) is 0 Å². The van der Waals surface area contributed by atoms with Gasteiger partial charge < -0.3 is 10.2 Å². The first kappa shape index (κ1) is 10.4. The maximum absolute atomic E-state index is 11.7. The number of aromatic hydroxyl groups is 2. The Kier molecular flexibility index (Phi) is 2.05. The Bertz CT molecular complexity index is 529. The molecule has 1 atom stereocenters. The SMILES string of the molecule is CC1C(=O)C(=O)c2c(ccc(O)c2O)C1=O. The van der Waals surface area contributed by atoms with Gasteiger partial charge >= 0.3 is 0 Å². The van der Waals surface area contributed by atoms with Gasteiger partial charge in [0.05, 0.1) is 11.5 Å². The predicted octanol–water partition coefficient (Wildman–Crippen LogP) is 0.682. The number of Topliss-reactive ketones (excluding diaryl/α,β-unsaturated/α-hetero) is 3. The summed E-state index contributed by atoms with van der Waals surface area (Å²) in [6.07, 6.45) is 0. The number of fused-ring (bicyclic) bond motifs is 1. The fraction of sp³-hybridized carbons (Fsp3) is 0.182. The molecular weight excluding hydrogens is 212 g/mol. The van der Waals surface area contributed by atoms with Gasteiger partial charge in [0.25, 0.3) is 0 Å². The van der Waals surface area contributed by atoms with Crippen molar-refractivity contribution in [3.8, 4) is 11.5 Å². The van der Waals surface area contributed by atoms with Gasteiger partial charge in [0.15, 0.2) is 17.3 Å². The Labute approximate surface area is 90.3 Å². The van der Waals surface area contributed by atoms with Crippen LogP contribution in [0.15, 0.2) is 12.1 Å². The van der Waals surface area contributed by atoms with E-state index in [1.165, 1.54) is 13.0 Å². The van der Waals surface area contributed by atoms with E-state index in [1.807, 2.05) is 0 Å². The summed E-state index contributed by atoms with van der Waals surface area (Å²) in [6, 6.07) is 2.34. The van der Waals surface area contributed by atoms with Gasteiger partial charge in [-0.1, -0.05) is 0 Å². The van der Waals surface area contributed by atoms with Crippen molar-refractivity contribution in [2.45, 2.75) is 6.92 Å². The number of hydrogen-bond acceptors (Lipinski definition) is 5. The second-order valence-corrected chi connectivity index (χ2v) is 3.64. The zero-order chi connectivity index (χ0) is 12.0. The zero-order valence-electron chi connectivity index (χ0n) is 8.35. The molecule has 16 heavy (non-hydrogen) atoms. The van der Waals surface area contributed by atoms with E-state index >= 15 is 0 Å². The van der Waals surface area contributed by atoms with Crippen molar-refractivity contribution in [3.63, 3.8) is 0 Å². The number of benzene rings is 1. The molecule has 1 aliphatic carbocycles. The second-order valence-electron chi connectivity index (χ2n) is 3.64. The summed E-state index contributed by atoms with van der Waals surface area (Å²) in [5.41, 5.74) is -0.416. The molecule has 0 spiro atoms. The highest BCUT2D eigenvalue weighted by Gasteiger charge is 2.39. The third kappa shape index (κ3) is 1.14. The molecule has 0 aromatic heterocycles. The Morgan fingerprint density at radius 2 is 1.69 bits per heavy atom. The lowest BCUT2D eigenvalue weighted by molar-refractivity contribution is -0.117. The lowest BCUT2D eigenvalue weighted by atomic mass is 9.81. The van der Waals surface area contributed by atoms with Gasteiger partial charge in [0.1, 0.15) is 0 Å². The van der Waals surface area contributed by atoms with E-state index in [0.717, 1.165) is 6.07 Å². The normalized spacial score (nSPS) is 19.8. The minimum Gasteiger partial charge on any atom is -0.504 e. The van der Waals surface area contributed by atoms with Crippen LogP contribution in [0.1, 0.15) is 27.6 Å². The summed E-state index contributed by atoms with van der Waals surface area (Å²) in [5.74, 6) is -4.58. The quantitative estimate of drug-likeness (QED) is 0.381. The maximum Gasteiger partial charge on any atom is 0.233 e. The number of carbonyl (C=O) groups excluding carboxylic acids is 3. The molecule has 1 aromatic carbocycles. The van der Waals surface area contributed by atoms with Crippen molar-refractivity contribution in [2.75, 3.05) is 0 Å². The Balaban J connectivity index is 2.79. The van der Waals surface area contributed by atoms with Crippen LogP contribution in [0.4, 0.5) is 0 Å². The highest BCUT2D eigenvalue weighted by atomic mass is 16.3. The van der Waals surface area contributed by atoms with Crippen LogP contribution in [0.3, 0.4) is 0 Å². The fourth-order valence-corrected chi connectivity index (χ4v) is 1.69. The molecule has 5 heteroatoms. The van der Waals surface area contributed by atoms with Crippen molar-refractivity contribution < 1.29 is 24.6 Å². The molecule has 1 aliphatic rings. The smallest absolute Gasteiger partial charge is 0.233 e. The molecule has 0 heterocycles. The minimum absolute atomic E-state index is 0.0209. The first-order valence-corrected chi connectivity index (χ1v) is 4.62. The lowest BCUT2D eigenvalue weighted by Crippen LogP contribution is -2.35. The van der Waals surface area contributed by atoms with Gasteiger partial charge in [-0.3, -0.25) is 14.4 Å². The van der Waals surface area contributed by atoms with Crippen molar-refractivity contribution >= 4 is 17.3 Å². The molecule has 0 saturated carbocycles. The molecule has 0 radical (unpaired) electrons. The largest absolute Gasteiger partial charge is 0.504 e. The molecule has 82 valence electrons. The van der Waals surface area contributed by atoms with E-state index in [2.05, 4.69) is 0 Å². The number of hydrogen-bond donors (Lipinski definition) is 2. The van der Waals surface area contributed by atoms with E-state index in [9.17, 15) is 24.6 Å².